The lowest BCUT2D eigenvalue weighted by atomic mass is 10.0. The molecule has 0 radical (unpaired) electrons. The predicted molar refractivity (Wildman–Crippen MR) is 173 cm³/mol. The maximum Gasteiger partial charge on any atom is 0.320 e. The fraction of sp³-hybridized carbons (Fsp3) is 0.467. The van der Waals surface area contributed by atoms with Crippen molar-refractivity contribution >= 4 is 28.8 Å². The van der Waals surface area contributed by atoms with E-state index in [9.17, 15) is 4.79 Å². The summed E-state index contributed by atoms with van der Waals surface area (Å²) in [6.45, 7) is 11.7. The summed E-state index contributed by atoms with van der Waals surface area (Å²) in [5.41, 5.74) is 8.09. The number of methoxy groups -OCH3 is 2. The largest absolute Gasteiger partial charge is 0.497 e. The highest BCUT2D eigenvalue weighted by molar-refractivity contribution is 5.96. The first-order valence-electron chi connectivity index (χ1n) is 14.5. The Labute approximate surface area is 258 Å². The summed E-state index contributed by atoms with van der Waals surface area (Å²) < 4.78 is 10.9. The molecule has 14 nitrogen and oxygen atoms in total. The molecule has 4 rings (SSSR count). The number of fused-ring (bicyclic) bond motifs is 1. The molecule has 0 unspecified atom stereocenters. The molecule has 1 aliphatic rings. The third kappa shape index (κ3) is 9.30. The van der Waals surface area contributed by atoms with E-state index in [0.29, 0.717) is 52.1 Å². The van der Waals surface area contributed by atoms with Gasteiger partial charge >= 0.3 is 6.03 Å². The second-order valence-electron chi connectivity index (χ2n) is 11.9. The van der Waals surface area contributed by atoms with Crippen molar-refractivity contribution in [3.05, 3.63) is 42.4 Å². The molecule has 0 atom stereocenters. The summed E-state index contributed by atoms with van der Waals surface area (Å²) in [7, 11) is 5.30. The number of hydrogen-bond donors (Lipinski definition) is 5. The quantitative estimate of drug-likeness (QED) is 0.159. The molecule has 2 amide bonds. The highest BCUT2D eigenvalue weighted by Crippen LogP contribution is 2.35. The molecule has 1 aromatic carbocycles. The van der Waals surface area contributed by atoms with Gasteiger partial charge in [0.25, 0.3) is 0 Å². The van der Waals surface area contributed by atoms with Crippen molar-refractivity contribution in [3.8, 4) is 22.6 Å². The van der Waals surface area contributed by atoms with Gasteiger partial charge in [0, 0.05) is 79.9 Å². The lowest BCUT2D eigenvalue weighted by Crippen LogP contribution is -2.47. The van der Waals surface area contributed by atoms with E-state index in [-0.39, 0.29) is 6.54 Å². The van der Waals surface area contributed by atoms with Gasteiger partial charge in [-0.15, -0.1) is 0 Å². The molecule has 238 valence electrons. The van der Waals surface area contributed by atoms with E-state index in [1.165, 1.54) is 0 Å². The minimum Gasteiger partial charge on any atom is -0.497 e. The number of nitrogens with two attached hydrogens (primary N) is 2. The van der Waals surface area contributed by atoms with Crippen molar-refractivity contribution in [1.29, 1.82) is 0 Å². The minimum atomic E-state index is -0.448. The average Bonchev–Trinajstić information content (AvgIpc) is 2.98. The Bertz CT molecular complexity index is 1440. The van der Waals surface area contributed by atoms with E-state index >= 15 is 0 Å². The van der Waals surface area contributed by atoms with E-state index in [4.69, 9.17) is 26.0 Å². The second-order valence-corrected chi connectivity index (χ2v) is 11.9. The maximum atomic E-state index is 12.9. The zero-order valence-electron chi connectivity index (χ0n) is 26.5. The summed E-state index contributed by atoms with van der Waals surface area (Å²) in [6.07, 6.45) is 3.38. The number of aromatic nitrogens is 3. The number of rotatable bonds is 11. The number of hydrogen-bond acceptors (Lipinski definition) is 12. The Hall–Kier alpha value is -4.40. The van der Waals surface area contributed by atoms with Gasteiger partial charge in [-0.3, -0.25) is 10.2 Å². The molecule has 0 aliphatic carbocycles. The lowest BCUT2D eigenvalue weighted by molar-refractivity contribution is 0.144. The predicted octanol–water partition coefficient (Wildman–Crippen LogP) is 2.26. The Kier molecular flexibility index (Phi) is 10.6. The maximum absolute atomic E-state index is 12.9. The molecule has 2 aromatic heterocycles. The molecule has 1 fully saturated rings. The van der Waals surface area contributed by atoms with E-state index < -0.39 is 11.6 Å². The van der Waals surface area contributed by atoms with Gasteiger partial charge in [-0.05, 0) is 51.6 Å². The number of benzene rings is 1. The van der Waals surface area contributed by atoms with E-state index in [2.05, 4.69) is 42.8 Å². The van der Waals surface area contributed by atoms with E-state index in [1.54, 1.807) is 37.7 Å². The molecular formula is C30H45N11O3. The Morgan fingerprint density at radius 2 is 1.75 bits per heavy atom. The summed E-state index contributed by atoms with van der Waals surface area (Å²) in [5.74, 6) is 8.02. The lowest BCUT2D eigenvalue weighted by Gasteiger charge is -2.33. The van der Waals surface area contributed by atoms with Gasteiger partial charge in [0.05, 0.1) is 20.8 Å². The molecule has 0 spiro atoms. The minimum absolute atomic E-state index is 0.286. The van der Waals surface area contributed by atoms with Gasteiger partial charge in [-0.1, -0.05) is 0 Å². The molecule has 3 aromatic rings. The van der Waals surface area contributed by atoms with Crippen LogP contribution >= 0.6 is 0 Å². The van der Waals surface area contributed by atoms with E-state index in [0.717, 1.165) is 38.3 Å². The number of nitrogens with one attached hydrogen (secondary N) is 3. The number of pyridine rings is 1. The van der Waals surface area contributed by atoms with Crippen molar-refractivity contribution in [3.63, 3.8) is 0 Å². The monoisotopic (exact) mass is 607 g/mol. The second kappa shape index (κ2) is 14.4. The Balaban J connectivity index is 1.52. The number of carbonyl (C=O) groups excluding carboxylic acids is 1. The molecule has 0 bridgehead atoms. The summed E-state index contributed by atoms with van der Waals surface area (Å²) in [5, 5.41) is 11.2. The van der Waals surface area contributed by atoms with Crippen LogP contribution in [0.15, 0.2) is 42.4 Å². The van der Waals surface area contributed by atoms with Crippen molar-refractivity contribution < 1.29 is 14.3 Å². The van der Waals surface area contributed by atoms with Crippen molar-refractivity contribution in [2.75, 3.05) is 77.7 Å². The standard InChI is InChI=1S/C30H45N11O3/c1-30(2,3)38-29(42)37-27-25(20-13-23(43-5)16-24(14-20)44-6)15-21-17-33-28(36-26(21)35-27)34-18-22(31)19-41(32)12-11-40-9-7-39(4)8-10-40/h13-17,19H,7-12,18,31-32H2,1-6H3,(H3,33,34,35,36,37,38,42)/b22-19-. The third-order valence-electron chi connectivity index (χ3n) is 7.00. The van der Waals surface area contributed by atoms with Crippen LogP contribution in [-0.4, -0.2) is 108 Å². The van der Waals surface area contributed by atoms with Gasteiger partial charge in [-0.2, -0.15) is 4.98 Å². The molecule has 3 heterocycles. The molecule has 44 heavy (non-hydrogen) atoms. The highest BCUT2D eigenvalue weighted by atomic mass is 16.5. The molecular weight excluding hydrogens is 562 g/mol. The number of urea groups is 1. The smallest absolute Gasteiger partial charge is 0.320 e. The van der Waals surface area contributed by atoms with Crippen LogP contribution in [0.3, 0.4) is 0 Å². The van der Waals surface area contributed by atoms with Gasteiger partial charge < -0.3 is 35.7 Å². The fourth-order valence-corrected chi connectivity index (χ4v) is 4.64. The van der Waals surface area contributed by atoms with Crippen LogP contribution in [0, 0.1) is 0 Å². The molecule has 14 heteroatoms. The Morgan fingerprint density at radius 3 is 2.39 bits per heavy atom. The van der Waals surface area contributed by atoms with E-state index in [1.807, 2.05) is 39.0 Å². The topological polar surface area (TPSA) is 172 Å². The number of nitrogens with zero attached hydrogens (tertiary/aromatic N) is 6. The van der Waals surface area contributed by atoms with Crippen molar-refractivity contribution in [2.24, 2.45) is 11.6 Å². The summed E-state index contributed by atoms with van der Waals surface area (Å²) in [6, 6.07) is 6.93. The number of likely N-dealkylation sites (N-methyl/N-ethyl adjacent to an activating group) is 1. The van der Waals surface area contributed by atoms with Crippen molar-refractivity contribution in [2.45, 2.75) is 26.3 Å². The summed E-state index contributed by atoms with van der Waals surface area (Å²) >= 11 is 0. The Morgan fingerprint density at radius 1 is 1.07 bits per heavy atom. The van der Waals surface area contributed by atoms with Gasteiger partial charge in [-0.25, -0.2) is 20.6 Å². The zero-order valence-corrected chi connectivity index (χ0v) is 26.5. The van der Waals surface area contributed by atoms with Crippen LogP contribution in [0.5, 0.6) is 11.5 Å². The van der Waals surface area contributed by atoms with Gasteiger partial charge in [0.1, 0.15) is 17.3 Å². The van der Waals surface area contributed by atoms with Crippen LogP contribution < -0.4 is 37.0 Å². The fourth-order valence-electron chi connectivity index (χ4n) is 4.64. The number of anilines is 2. The van der Waals surface area contributed by atoms with Crippen LogP contribution in [-0.2, 0) is 0 Å². The number of piperazine rings is 1. The first kappa shape index (κ1) is 32.5. The van der Waals surface area contributed by atoms with Gasteiger partial charge in [0.2, 0.25) is 5.95 Å². The first-order valence-corrected chi connectivity index (χ1v) is 14.5. The molecule has 7 N–H and O–H groups in total. The van der Waals surface area contributed by atoms with Crippen LogP contribution in [0.25, 0.3) is 22.2 Å². The van der Waals surface area contributed by atoms with Gasteiger partial charge in [0.15, 0.2) is 5.65 Å². The first-order chi connectivity index (χ1) is 20.9. The number of ether oxygens (including phenoxy) is 2. The third-order valence-corrected chi connectivity index (χ3v) is 7.00. The SMILES string of the molecule is COc1cc(OC)cc(-c2cc3cnc(NC/C(N)=C/N(N)CCN4CCN(C)CC4)nc3nc2NC(=O)NC(C)(C)C)c1. The van der Waals surface area contributed by atoms with Crippen LogP contribution in [0.2, 0.25) is 0 Å². The molecule has 1 saturated heterocycles. The normalized spacial score (nSPS) is 14.8. The average molecular weight is 608 g/mol. The zero-order chi connectivity index (χ0) is 31.9. The number of hydrazine groups is 1. The van der Waals surface area contributed by atoms with Crippen LogP contribution in [0.1, 0.15) is 20.8 Å². The molecule has 1 aliphatic heterocycles. The van der Waals surface area contributed by atoms with Crippen LogP contribution in [0.4, 0.5) is 16.6 Å². The molecule has 0 saturated carbocycles. The highest BCUT2D eigenvalue weighted by Gasteiger charge is 2.19. The summed E-state index contributed by atoms with van der Waals surface area (Å²) in [4.78, 5) is 31.3. The number of amides is 2. The number of carbonyl (C=O) groups is 1. The van der Waals surface area contributed by atoms with Crippen molar-refractivity contribution in [1.82, 2.24) is 35.1 Å².